The second kappa shape index (κ2) is 7.81. The Balaban J connectivity index is 0.00000220. The highest BCUT2D eigenvalue weighted by Gasteiger charge is 2.01. The predicted octanol–water partition coefficient (Wildman–Crippen LogP) is 1.69. The topological polar surface area (TPSA) is 76.2 Å². The van der Waals surface area contributed by atoms with Crippen LogP contribution >= 0.6 is 0 Å². The van der Waals surface area contributed by atoms with Gasteiger partial charge in [-0.3, -0.25) is 4.79 Å². The molecule has 1 amide bonds. The van der Waals surface area contributed by atoms with Crippen molar-refractivity contribution in [3.63, 3.8) is 0 Å². The van der Waals surface area contributed by atoms with E-state index in [-0.39, 0.29) is 11.4 Å². The molecule has 110 valence electrons. The minimum atomic E-state index is -0.216. The zero-order valence-corrected chi connectivity index (χ0v) is 12.1. The van der Waals surface area contributed by atoms with E-state index in [1.807, 2.05) is 61.5 Å². The van der Waals surface area contributed by atoms with Gasteiger partial charge in [-0.25, -0.2) is 5.43 Å². The van der Waals surface area contributed by atoms with Gasteiger partial charge in [-0.1, -0.05) is 30.3 Å². The van der Waals surface area contributed by atoms with Crippen molar-refractivity contribution in [2.45, 2.75) is 0 Å². The van der Waals surface area contributed by atoms with E-state index in [9.17, 15) is 4.79 Å². The number of nitrogens with one attached hydrogen (secondary N) is 1. The monoisotopic (exact) mass is 285 g/mol. The van der Waals surface area contributed by atoms with Crippen LogP contribution in [0.15, 0.2) is 59.7 Å². The number of carbonyl (C=O) groups is 1. The van der Waals surface area contributed by atoms with Crippen LogP contribution in [0.4, 0.5) is 5.69 Å². The number of rotatable bonds is 4. The van der Waals surface area contributed by atoms with Gasteiger partial charge in [0.2, 0.25) is 0 Å². The number of hydrogen-bond donors (Lipinski definition) is 1. The number of hydrogen-bond acceptors (Lipinski definition) is 3. The Morgan fingerprint density at radius 2 is 1.67 bits per heavy atom. The van der Waals surface area contributed by atoms with Crippen molar-refractivity contribution in [2.24, 2.45) is 5.10 Å². The van der Waals surface area contributed by atoms with Crippen molar-refractivity contribution in [3.8, 4) is 0 Å². The molecule has 0 saturated heterocycles. The second-order valence-electron chi connectivity index (χ2n) is 4.55. The quantitative estimate of drug-likeness (QED) is 0.685. The molecule has 0 unspecified atom stereocenters. The van der Waals surface area contributed by atoms with Crippen molar-refractivity contribution in [3.05, 3.63) is 65.7 Å². The third-order valence-corrected chi connectivity index (χ3v) is 2.83. The number of nitrogens with zero attached hydrogens (tertiary/aromatic N) is 2. The van der Waals surface area contributed by atoms with Crippen molar-refractivity contribution >= 4 is 17.8 Å². The highest BCUT2D eigenvalue weighted by Crippen LogP contribution is 2.10. The third kappa shape index (κ3) is 4.74. The maximum atomic E-state index is 11.7. The first kappa shape index (κ1) is 16.4. The molecule has 0 aliphatic heterocycles. The van der Waals surface area contributed by atoms with Crippen molar-refractivity contribution in [1.82, 2.24) is 5.43 Å². The Hall–Kier alpha value is -2.66. The SMILES string of the molecule is CN(C)c1ccc(/C=N/NC(=O)c2ccccc2)cc1.O. The van der Waals surface area contributed by atoms with Crippen LogP contribution < -0.4 is 10.3 Å². The summed E-state index contributed by atoms with van der Waals surface area (Å²) in [5, 5.41) is 3.95. The minimum absolute atomic E-state index is 0. The standard InChI is InChI=1S/C16H17N3O.H2O/c1-19(2)15-10-8-13(9-11-15)12-17-18-16(20)14-6-4-3-5-7-14;/h3-12H,1-2H3,(H,18,20);1H2/b17-12+;. The van der Waals surface area contributed by atoms with Gasteiger partial charge in [0.05, 0.1) is 6.21 Å². The van der Waals surface area contributed by atoms with Gasteiger partial charge < -0.3 is 10.4 Å². The Morgan fingerprint density at radius 3 is 2.24 bits per heavy atom. The van der Waals surface area contributed by atoms with Crippen molar-refractivity contribution in [1.29, 1.82) is 0 Å². The zero-order chi connectivity index (χ0) is 14.4. The largest absolute Gasteiger partial charge is 0.412 e. The Labute approximate surface area is 124 Å². The van der Waals surface area contributed by atoms with Crippen LogP contribution in [0.25, 0.3) is 0 Å². The number of carbonyl (C=O) groups excluding carboxylic acids is 1. The first-order valence-electron chi connectivity index (χ1n) is 6.32. The van der Waals surface area contributed by atoms with Gasteiger partial charge in [-0.05, 0) is 29.8 Å². The van der Waals surface area contributed by atoms with Crippen LogP contribution in [0.5, 0.6) is 0 Å². The first-order chi connectivity index (χ1) is 9.66. The lowest BCUT2D eigenvalue weighted by molar-refractivity contribution is 0.0955. The molecule has 0 radical (unpaired) electrons. The Kier molecular flexibility index (Phi) is 6.10. The Bertz CT molecular complexity index is 593. The number of benzene rings is 2. The molecule has 5 heteroatoms. The summed E-state index contributed by atoms with van der Waals surface area (Å²) in [6.07, 6.45) is 1.63. The lowest BCUT2D eigenvalue weighted by atomic mass is 10.2. The molecular weight excluding hydrogens is 266 g/mol. The summed E-state index contributed by atoms with van der Waals surface area (Å²) < 4.78 is 0. The minimum Gasteiger partial charge on any atom is -0.412 e. The summed E-state index contributed by atoms with van der Waals surface area (Å²) in [6, 6.07) is 16.9. The molecule has 21 heavy (non-hydrogen) atoms. The number of hydrazone groups is 1. The molecular formula is C16H19N3O2. The zero-order valence-electron chi connectivity index (χ0n) is 12.1. The summed E-state index contributed by atoms with van der Waals surface area (Å²) in [4.78, 5) is 13.8. The normalized spacial score (nSPS) is 10.0. The van der Waals surface area contributed by atoms with Gasteiger partial charge in [0, 0.05) is 25.3 Å². The highest BCUT2D eigenvalue weighted by molar-refractivity contribution is 5.94. The molecule has 0 fully saturated rings. The van der Waals surface area contributed by atoms with Crippen LogP contribution in [-0.4, -0.2) is 31.7 Å². The van der Waals surface area contributed by atoms with E-state index in [2.05, 4.69) is 10.5 Å². The van der Waals surface area contributed by atoms with Gasteiger partial charge >= 0.3 is 0 Å². The maximum Gasteiger partial charge on any atom is 0.271 e. The summed E-state index contributed by atoms with van der Waals surface area (Å²) in [5.41, 5.74) is 5.15. The molecule has 0 aromatic heterocycles. The summed E-state index contributed by atoms with van der Waals surface area (Å²) in [6.45, 7) is 0. The average Bonchev–Trinajstić information content (AvgIpc) is 2.48. The van der Waals surface area contributed by atoms with E-state index >= 15 is 0 Å². The molecule has 0 aliphatic rings. The van der Waals surface area contributed by atoms with E-state index in [4.69, 9.17) is 0 Å². The van der Waals surface area contributed by atoms with Crippen LogP contribution in [-0.2, 0) is 0 Å². The molecule has 2 rings (SSSR count). The van der Waals surface area contributed by atoms with E-state index in [0.717, 1.165) is 11.3 Å². The van der Waals surface area contributed by atoms with E-state index < -0.39 is 0 Å². The molecule has 0 aliphatic carbocycles. The molecule has 5 nitrogen and oxygen atoms in total. The van der Waals surface area contributed by atoms with Crippen molar-refractivity contribution < 1.29 is 10.3 Å². The van der Waals surface area contributed by atoms with Crippen LogP contribution in [0.2, 0.25) is 0 Å². The summed E-state index contributed by atoms with van der Waals surface area (Å²) in [7, 11) is 3.98. The molecule has 0 heterocycles. The van der Waals surface area contributed by atoms with E-state index in [0.29, 0.717) is 5.56 Å². The lowest BCUT2D eigenvalue weighted by Gasteiger charge is -2.11. The smallest absolute Gasteiger partial charge is 0.271 e. The summed E-state index contributed by atoms with van der Waals surface area (Å²) >= 11 is 0. The molecule has 2 aromatic carbocycles. The van der Waals surface area contributed by atoms with E-state index in [1.54, 1.807) is 18.3 Å². The first-order valence-corrected chi connectivity index (χ1v) is 6.32. The highest BCUT2D eigenvalue weighted by atomic mass is 16.2. The molecule has 0 saturated carbocycles. The van der Waals surface area contributed by atoms with Crippen molar-refractivity contribution in [2.75, 3.05) is 19.0 Å². The number of amides is 1. The lowest BCUT2D eigenvalue weighted by Crippen LogP contribution is -2.17. The van der Waals surface area contributed by atoms with Gasteiger partial charge in [0.15, 0.2) is 0 Å². The van der Waals surface area contributed by atoms with Crippen LogP contribution in [0.3, 0.4) is 0 Å². The van der Waals surface area contributed by atoms with Gasteiger partial charge in [-0.2, -0.15) is 5.10 Å². The fourth-order valence-electron chi connectivity index (χ4n) is 1.68. The van der Waals surface area contributed by atoms with Gasteiger partial charge in [0.1, 0.15) is 0 Å². The van der Waals surface area contributed by atoms with E-state index in [1.165, 1.54) is 0 Å². The fourth-order valence-corrected chi connectivity index (χ4v) is 1.68. The van der Waals surface area contributed by atoms with Crippen LogP contribution in [0, 0.1) is 0 Å². The predicted molar refractivity (Wildman–Crippen MR) is 85.9 cm³/mol. The Morgan fingerprint density at radius 1 is 1.05 bits per heavy atom. The number of anilines is 1. The maximum absolute atomic E-state index is 11.7. The van der Waals surface area contributed by atoms with Gasteiger partial charge in [0.25, 0.3) is 5.91 Å². The summed E-state index contributed by atoms with van der Waals surface area (Å²) in [5.74, 6) is -0.216. The molecule has 0 bridgehead atoms. The second-order valence-corrected chi connectivity index (χ2v) is 4.55. The molecule has 2 aromatic rings. The third-order valence-electron chi connectivity index (χ3n) is 2.83. The van der Waals surface area contributed by atoms with Crippen LogP contribution in [0.1, 0.15) is 15.9 Å². The molecule has 0 spiro atoms. The fraction of sp³-hybridized carbons (Fsp3) is 0.125. The van der Waals surface area contributed by atoms with Gasteiger partial charge in [-0.15, -0.1) is 0 Å². The molecule has 3 N–H and O–H groups in total. The molecule has 0 atom stereocenters. The average molecular weight is 285 g/mol.